The summed E-state index contributed by atoms with van der Waals surface area (Å²) in [4.78, 5) is 2.47. The van der Waals surface area contributed by atoms with Crippen molar-refractivity contribution in [2.75, 3.05) is 13.1 Å². The topological polar surface area (TPSA) is 15.3 Å². The first-order valence-corrected chi connectivity index (χ1v) is 8.34. The summed E-state index contributed by atoms with van der Waals surface area (Å²) in [6.45, 7) is 13.0. The van der Waals surface area contributed by atoms with E-state index in [1.54, 1.807) is 0 Å². The van der Waals surface area contributed by atoms with Gasteiger partial charge in [-0.05, 0) is 46.2 Å². The summed E-state index contributed by atoms with van der Waals surface area (Å²) in [5, 5.41) is 3.52. The molecule has 1 N–H and O–H groups in total. The number of thiophene rings is 1. The van der Waals surface area contributed by atoms with Crippen LogP contribution in [0.1, 0.15) is 46.2 Å². The highest BCUT2D eigenvalue weighted by molar-refractivity contribution is 7.20. The quantitative estimate of drug-likeness (QED) is 0.773. The first kappa shape index (κ1) is 17.3. The molecule has 0 saturated heterocycles. The second-order valence-electron chi connectivity index (χ2n) is 5.38. The normalized spacial score (nSPS) is 13.8. The van der Waals surface area contributed by atoms with Crippen LogP contribution in [0, 0.1) is 0 Å². The average Bonchev–Trinajstić information content (AvgIpc) is 2.62. The van der Waals surface area contributed by atoms with Gasteiger partial charge in [-0.2, -0.15) is 0 Å². The summed E-state index contributed by atoms with van der Waals surface area (Å²) in [6, 6.07) is 3.32. The van der Waals surface area contributed by atoms with Gasteiger partial charge >= 0.3 is 0 Å². The van der Waals surface area contributed by atoms with E-state index in [0.29, 0.717) is 12.1 Å². The first-order chi connectivity index (χ1) is 8.82. The van der Waals surface area contributed by atoms with Crippen LogP contribution in [0.2, 0.25) is 8.67 Å². The molecule has 0 radical (unpaired) electrons. The molecule has 0 spiro atoms. The van der Waals surface area contributed by atoms with Gasteiger partial charge in [0, 0.05) is 31.2 Å². The lowest BCUT2D eigenvalue weighted by atomic mass is 10.2. The maximum absolute atomic E-state index is 6.17. The van der Waals surface area contributed by atoms with Crippen molar-refractivity contribution in [2.24, 2.45) is 0 Å². The number of hydrogen-bond acceptors (Lipinski definition) is 3. The van der Waals surface area contributed by atoms with Crippen LogP contribution < -0.4 is 5.32 Å². The van der Waals surface area contributed by atoms with E-state index in [1.807, 2.05) is 6.07 Å². The van der Waals surface area contributed by atoms with Gasteiger partial charge in [-0.25, -0.2) is 0 Å². The van der Waals surface area contributed by atoms with E-state index in [9.17, 15) is 0 Å². The number of rotatable bonds is 7. The molecule has 5 heteroatoms. The van der Waals surface area contributed by atoms with Crippen LogP contribution in [0.4, 0.5) is 0 Å². The number of hydrogen-bond donors (Lipinski definition) is 1. The van der Waals surface area contributed by atoms with Gasteiger partial charge < -0.3 is 5.32 Å². The molecular weight excluding hydrogens is 299 g/mol. The van der Waals surface area contributed by atoms with Crippen molar-refractivity contribution < 1.29 is 0 Å². The van der Waals surface area contributed by atoms with Crippen LogP contribution >= 0.6 is 34.5 Å². The molecule has 1 heterocycles. The molecule has 0 amide bonds. The predicted molar refractivity (Wildman–Crippen MR) is 87.7 cm³/mol. The number of halogens is 2. The Hall–Kier alpha value is 0.200. The minimum atomic E-state index is 0.234. The molecule has 0 aliphatic heterocycles. The van der Waals surface area contributed by atoms with E-state index < -0.39 is 0 Å². The molecule has 0 aliphatic carbocycles. The SMILES string of the molecule is CC(NCCN(C(C)C)C(C)C)c1cc(Cl)sc1Cl. The Bertz CT molecular complexity index is 383. The lowest BCUT2D eigenvalue weighted by molar-refractivity contribution is 0.174. The molecule has 0 fully saturated rings. The van der Waals surface area contributed by atoms with Crippen molar-refractivity contribution in [1.82, 2.24) is 10.2 Å². The highest BCUT2D eigenvalue weighted by atomic mass is 35.5. The fourth-order valence-corrected chi connectivity index (χ4v) is 3.93. The van der Waals surface area contributed by atoms with E-state index in [4.69, 9.17) is 23.2 Å². The first-order valence-electron chi connectivity index (χ1n) is 6.76. The minimum Gasteiger partial charge on any atom is -0.309 e. The zero-order valence-electron chi connectivity index (χ0n) is 12.3. The third-order valence-electron chi connectivity index (χ3n) is 3.30. The number of nitrogens with one attached hydrogen (secondary N) is 1. The smallest absolute Gasteiger partial charge is 0.0991 e. The Morgan fingerprint density at radius 2 is 1.74 bits per heavy atom. The monoisotopic (exact) mass is 322 g/mol. The molecule has 0 aliphatic rings. The summed E-state index contributed by atoms with van der Waals surface area (Å²) in [5.41, 5.74) is 1.09. The molecule has 1 atom stereocenters. The van der Waals surface area contributed by atoms with Crippen LogP contribution in [-0.4, -0.2) is 30.1 Å². The van der Waals surface area contributed by atoms with Crippen molar-refractivity contribution >= 4 is 34.5 Å². The predicted octanol–water partition coefficient (Wildman–Crippen LogP) is 4.82. The standard InChI is InChI=1S/C14H24Cl2N2S/c1-9(2)18(10(3)4)7-6-17-11(5)12-8-13(15)19-14(12)16/h8-11,17H,6-7H2,1-5H3. The van der Waals surface area contributed by atoms with Crippen LogP contribution in [-0.2, 0) is 0 Å². The maximum atomic E-state index is 6.17. The van der Waals surface area contributed by atoms with Gasteiger partial charge in [0.15, 0.2) is 0 Å². The average molecular weight is 323 g/mol. The van der Waals surface area contributed by atoms with Gasteiger partial charge in [-0.3, -0.25) is 4.90 Å². The molecular formula is C14H24Cl2N2S. The van der Waals surface area contributed by atoms with Gasteiger partial charge in [0.25, 0.3) is 0 Å². The van der Waals surface area contributed by atoms with E-state index in [0.717, 1.165) is 27.3 Å². The van der Waals surface area contributed by atoms with Crippen LogP contribution in [0.3, 0.4) is 0 Å². The molecule has 0 aromatic carbocycles. The summed E-state index contributed by atoms with van der Waals surface area (Å²) >= 11 is 13.6. The summed E-state index contributed by atoms with van der Waals surface area (Å²) in [5.74, 6) is 0. The Balaban J connectivity index is 2.46. The molecule has 0 bridgehead atoms. The molecule has 1 aromatic rings. The van der Waals surface area contributed by atoms with Crippen LogP contribution in [0.5, 0.6) is 0 Å². The zero-order valence-corrected chi connectivity index (χ0v) is 14.7. The largest absolute Gasteiger partial charge is 0.309 e. The van der Waals surface area contributed by atoms with Gasteiger partial charge in [-0.1, -0.05) is 23.2 Å². The van der Waals surface area contributed by atoms with Gasteiger partial charge in [0.1, 0.15) is 0 Å². The minimum absolute atomic E-state index is 0.234. The Labute approximate surface area is 131 Å². The molecule has 2 nitrogen and oxygen atoms in total. The zero-order chi connectivity index (χ0) is 14.6. The Morgan fingerprint density at radius 3 is 2.16 bits per heavy atom. The molecule has 1 unspecified atom stereocenters. The molecule has 1 rings (SSSR count). The van der Waals surface area contributed by atoms with E-state index in [-0.39, 0.29) is 6.04 Å². The summed E-state index contributed by atoms with van der Waals surface area (Å²) < 4.78 is 1.54. The lowest BCUT2D eigenvalue weighted by Gasteiger charge is -2.31. The van der Waals surface area contributed by atoms with E-state index >= 15 is 0 Å². The Kier molecular flexibility index (Phi) is 7.12. The molecule has 1 aromatic heterocycles. The molecule has 110 valence electrons. The van der Waals surface area contributed by atoms with Crippen LogP contribution in [0.25, 0.3) is 0 Å². The van der Waals surface area contributed by atoms with E-state index in [2.05, 4.69) is 44.8 Å². The van der Waals surface area contributed by atoms with Crippen molar-refractivity contribution in [3.63, 3.8) is 0 Å². The lowest BCUT2D eigenvalue weighted by Crippen LogP contribution is -2.41. The second-order valence-corrected chi connectivity index (χ2v) is 7.67. The molecule has 0 saturated carbocycles. The fourth-order valence-electron chi connectivity index (χ4n) is 2.28. The van der Waals surface area contributed by atoms with Crippen molar-refractivity contribution in [2.45, 2.75) is 52.7 Å². The fraction of sp³-hybridized carbons (Fsp3) is 0.714. The molecule has 19 heavy (non-hydrogen) atoms. The highest BCUT2D eigenvalue weighted by Gasteiger charge is 2.15. The van der Waals surface area contributed by atoms with Crippen LogP contribution in [0.15, 0.2) is 6.07 Å². The van der Waals surface area contributed by atoms with Gasteiger partial charge in [0.05, 0.1) is 8.67 Å². The Morgan fingerprint density at radius 1 is 1.16 bits per heavy atom. The van der Waals surface area contributed by atoms with Crippen molar-refractivity contribution in [3.8, 4) is 0 Å². The van der Waals surface area contributed by atoms with Gasteiger partial charge in [0.2, 0.25) is 0 Å². The number of nitrogens with zero attached hydrogens (tertiary/aromatic N) is 1. The second kappa shape index (κ2) is 7.84. The highest BCUT2D eigenvalue weighted by Crippen LogP contribution is 2.34. The summed E-state index contributed by atoms with van der Waals surface area (Å²) in [6.07, 6.45) is 0. The van der Waals surface area contributed by atoms with E-state index in [1.165, 1.54) is 11.3 Å². The summed E-state index contributed by atoms with van der Waals surface area (Å²) in [7, 11) is 0. The van der Waals surface area contributed by atoms with Gasteiger partial charge in [-0.15, -0.1) is 11.3 Å². The maximum Gasteiger partial charge on any atom is 0.0991 e. The van der Waals surface area contributed by atoms with Crippen molar-refractivity contribution in [3.05, 3.63) is 20.3 Å². The third-order valence-corrected chi connectivity index (χ3v) is 4.81. The van der Waals surface area contributed by atoms with Crippen molar-refractivity contribution in [1.29, 1.82) is 0 Å². The third kappa shape index (κ3) is 5.24.